The molecule has 7 heteroatoms. The topological polar surface area (TPSA) is 50.9 Å². The maximum Gasteiger partial charge on any atom is 0.135 e. The number of aromatic nitrogens is 3. The molecule has 4 nitrogen and oxygen atoms in total. The van der Waals surface area contributed by atoms with Gasteiger partial charge in [-0.15, -0.1) is 5.10 Å². The number of nitrogens with zero attached hydrogens (tertiary/aromatic N) is 3. The first-order valence-corrected chi connectivity index (χ1v) is 5.25. The van der Waals surface area contributed by atoms with Crippen molar-refractivity contribution in [3.63, 3.8) is 0 Å². The molecule has 96 valence electrons. The molecule has 18 heavy (non-hydrogen) atoms. The Labute approximate surface area is 101 Å². The minimum absolute atomic E-state index is 0.141. The van der Waals surface area contributed by atoms with E-state index in [4.69, 9.17) is 0 Å². The summed E-state index contributed by atoms with van der Waals surface area (Å²) in [5.41, 5.74) is -0.477. The lowest BCUT2D eigenvalue weighted by Crippen LogP contribution is -2.12. The fourth-order valence-electron chi connectivity index (χ4n) is 1.69. The molecule has 0 amide bonds. The largest absolute Gasteiger partial charge is 0.382 e. The maximum absolute atomic E-state index is 13.5. The van der Waals surface area contributed by atoms with Crippen LogP contribution in [0.1, 0.15) is 24.3 Å². The molecular formula is C11H10F3N3O. The molecule has 0 spiro atoms. The van der Waals surface area contributed by atoms with Gasteiger partial charge < -0.3 is 5.11 Å². The van der Waals surface area contributed by atoms with E-state index in [1.165, 1.54) is 10.9 Å². The van der Waals surface area contributed by atoms with Crippen LogP contribution in [0.5, 0.6) is 0 Å². The van der Waals surface area contributed by atoms with Crippen molar-refractivity contribution in [1.82, 2.24) is 15.0 Å². The quantitative estimate of drug-likeness (QED) is 0.912. The summed E-state index contributed by atoms with van der Waals surface area (Å²) >= 11 is 0. The Balaban J connectivity index is 2.49. The first kappa shape index (κ1) is 12.6. The Hall–Kier alpha value is -1.89. The molecule has 1 unspecified atom stereocenters. The number of rotatable bonds is 3. The predicted molar refractivity (Wildman–Crippen MR) is 56.1 cm³/mol. The van der Waals surface area contributed by atoms with Crippen molar-refractivity contribution in [2.24, 2.45) is 0 Å². The Bertz CT molecular complexity index is 547. The maximum atomic E-state index is 13.5. The van der Waals surface area contributed by atoms with E-state index in [2.05, 4.69) is 10.3 Å². The smallest absolute Gasteiger partial charge is 0.135 e. The summed E-state index contributed by atoms with van der Waals surface area (Å²) in [5.74, 6) is -3.34. The fraction of sp³-hybridized carbons (Fsp3) is 0.273. The molecule has 1 heterocycles. The van der Waals surface area contributed by atoms with Crippen molar-refractivity contribution in [3.05, 3.63) is 47.0 Å². The van der Waals surface area contributed by atoms with E-state index in [-0.39, 0.29) is 5.69 Å². The second kappa shape index (κ2) is 4.77. The zero-order valence-corrected chi connectivity index (χ0v) is 9.44. The monoisotopic (exact) mass is 257 g/mol. The van der Waals surface area contributed by atoms with E-state index < -0.39 is 29.1 Å². The third-order valence-corrected chi connectivity index (χ3v) is 2.54. The van der Waals surface area contributed by atoms with Gasteiger partial charge in [0.15, 0.2) is 0 Å². The molecule has 0 aliphatic heterocycles. The number of aliphatic hydroxyl groups excluding tert-OH is 1. The summed E-state index contributed by atoms with van der Waals surface area (Å²) in [4.78, 5) is 0. The Morgan fingerprint density at radius 1 is 1.28 bits per heavy atom. The van der Waals surface area contributed by atoms with E-state index in [1.807, 2.05) is 0 Å². The lowest BCUT2D eigenvalue weighted by molar-refractivity contribution is 0.197. The molecule has 2 aromatic rings. The molecule has 0 aliphatic carbocycles. The average Bonchev–Trinajstić information content (AvgIpc) is 2.75. The summed E-state index contributed by atoms with van der Waals surface area (Å²) < 4.78 is 41.1. The van der Waals surface area contributed by atoms with Crippen LogP contribution in [0.25, 0.3) is 0 Å². The molecule has 1 aromatic carbocycles. The summed E-state index contributed by atoms with van der Waals surface area (Å²) in [6.07, 6.45) is -0.378. The van der Waals surface area contributed by atoms with Crippen molar-refractivity contribution >= 4 is 0 Å². The van der Waals surface area contributed by atoms with Gasteiger partial charge in [0.25, 0.3) is 0 Å². The highest BCUT2D eigenvalue weighted by Crippen LogP contribution is 2.26. The molecule has 0 aliphatic rings. The summed E-state index contributed by atoms with van der Waals surface area (Å²) in [7, 11) is 0. The number of halogens is 3. The Morgan fingerprint density at radius 2 is 1.89 bits per heavy atom. The molecule has 1 N–H and O–H groups in total. The molecular weight excluding hydrogens is 247 g/mol. The standard InChI is InChI=1S/C11H10F3N3O/c1-2-17-9(5-15-16-17)11(18)10-7(13)3-6(12)4-8(10)14/h3-5,11,18H,2H2,1H3. The van der Waals surface area contributed by atoms with Crippen molar-refractivity contribution in [1.29, 1.82) is 0 Å². The van der Waals surface area contributed by atoms with Gasteiger partial charge >= 0.3 is 0 Å². The van der Waals surface area contributed by atoms with Gasteiger partial charge in [-0.3, -0.25) is 0 Å². The van der Waals surface area contributed by atoms with Crippen molar-refractivity contribution in [2.45, 2.75) is 19.6 Å². The van der Waals surface area contributed by atoms with Gasteiger partial charge in [-0.05, 0) is 6.92 Å². The lowest BCUT2D eigenvalue weighted by Gasteiger charge is -2.13. The van der Waals surface area contributed by atoms with Crippen LogP contribution in [0.2, 0.25) is 0 Å². The lowest BCUT2D eigenvalue weighted by atomic mass is 10.1. The van der Waals surface area contributed by atoms with E-state index in [1.54, 1.807) is 6.92 Å². The van der Waals surface area contributed by atoms with Crippen LogP contribution in [0.3, 0.4) is 0 Å². The highest BCUT2D eigenvalue weighted by molar-refractivity contribution is 5.28. The molecule has 0 fully saturated rings. The number of aliphatic hydroxyl groups is 1. The van der Waals surface area contributed by atoms with Gasteiger partial charge in [-0.2, -0.15) is 0 Å². The van der Waals surface area contributed by atoms with Gasteiger partial charge in [-0.25, -0.2) is 17.9 Å². The van der Waals surface area contributed by atoms with Gasteiger partial charge in [0.2, 0.25) is 0 Å². The molecule has 0 saturated heterocycles. The number of benzene rings is 1. The van der Waals surface area contributed by atoms with Crippen molar-refractivity contribution < 1.29 is 18.3 Å². The molecule has 0 radical (unpaired) electrons. The molecule has 1 atom stereocenters. The first-order chi connectivity index (χ1) is 8.54. The van der Waals surface area contributed by atoms with Gasteiger partial charge in [0.1, 0.15) is 23.6 Å². The predicted octanol–water partition coefficient (Wildman–Crippen LogP) is 1.80. The third kappa shape index (κ3) is 2.08. The second-order valence-corrected chi connectivity index (χ2v) is 3.66. The number of hydrogen-bond acceptors (Lipinski definition) is 3. The average molecular weight is 257 g/mol. The normalized spacial score (nSPS) is 12.7. The van der Waals surface area contributed by atoms with Crippen LogP contribution in [0, 0.1) is 17.5 Å². The molecule has 0 bridgehead atoms. The minimum atomic E-state index is -1.58. The highest BCUT2D eigenvalue weighted by Gasteiger charge is 2.24. The number of aryl methyl sites for hydroxylation is 1. The summed E-state index contributed by atoms with van der Waals surface area (Å²) in [6, 6.07) is 1.03. The first-order valence-electron chi connectivity index (χ1n) is 5.25. The minimum Gasteiger partial charge on any atom is -0.382 e. The third-order valence-electron chi connectivity index (χ3n) is 2.54. The Morgan fingerprint density at radius 3 is 2.44 bits per heavy atom. The summed E-state index contributed by atoms with van der Waals surface area (Å²) in [5, 5.41) is 17.1. The van der Waals surface area contributed by atoms with Crippen LogP contribution < -0.4 is 0 Å². The van der Waals surface area contributed by atoms with Crippen LogP contribution in [0.15, 0.2) is 18.3 Å². The Kier molecular flexibility index (Phi) is 3.33. The van der Waals surface area contributed by atoms with Crippen molar-refractivity contribution in [3.8, 4) is 0 Å². The van der Waals surface area contributed by atoms with E-state index in [0.29, 0.717) is 18.7 Å². The van der Waals surface area contributed by atoms with Crippen LogP contribution >= 0.6 is 0 Å². The van der Waals surface area contributed by atoms with Crippen LogP contribution in [-0.4, -0.2) is 20.1 Å². The number of hydrogen-bond donors (Lipinski definition) is 1. The van der Waals surface area contributed by atoms with E-state index in [0.717, 1.165) is 0 Å². The van der Waals surface area contributed by atoms with E-state index >= 15 is 0 Å². The van der Waals surface area contributed by atoms with Gasteiger partial charge in [-0.1, -0.05) is 5.21 Å². The zero-order valence-electron chi connectivity index (χ0n) is 9.44. The van der Waals surface area contributed by atoms with Crippen LogP contribution in [-0.2, 0) is 6.54 Å². The van der Waals surface area contributed by atoms with Crippen LogP contribution in [0.4, 0.5) is 13.2 Å². The highest BCUT2D eigenvalue weighted by atomic mass is 19.1. The van der Waals surface area contributed by atoms with Gasteiger partial charge in [0.05, 0.1) is 17.5 Å². The second-order valence-electron chi connectivity index (χ2n) is 3.66. The summed E-state index contributed by atoms with van der Waals surface area (Å²) in [6.45, 7) is 2.12. The molecule has 0 saturated carbocycles. The molecule has 2 rings (SSSR count). The molecule has 1 aromatic heterocycles. The zero-order chi connectivity index (χ0) is 13.3. The van der Waals surface area contributed by atoms with Gasteiger partial charge in [0, 0.05) is 18.7 Å². The van der Waals surface area contributed by atoms with Crippen molar-refractivity contribution in [2.75, 3.05) is 0 Å². The SMILES string of the molecule is CCn1nncc1C(O)c1c(F)cc(F)cc1F. The van der Waals surface area contributed by atoms with E-state index in [9.17, 15) is 18.3 Å². The fourth-order valence-corrected chi connectivity index (χ4v) is 1.69.